The van der Waals surface area contributed by atoms with Crippen LogP contribution in [0.1, 0.15) is 5.82 Å². The number of para-hydroxylation sites is 1. The van der Waals surface area contributed by atoms with E-state index in [1.807, 2.05) is 0 Å². The van der Waals surface area contributed by atoms with Crippen LogP contribution in [-0.2, 0) is 10.0 Å². The number of aryl methyl sites for hydroxylation is 1. The van der Waals surface area contributed by atoms with Gasteiger partial charge in [-0.3, -0.25) is 24.2 Å². The molecule has 33 heavy (non-hydrogen) atoms. The lowest BCUT2D eigenvalue weighted by Crippen LogP contribution is -2.22. The number of sulfonamides is 1. The highest BCUT2D eigenvalue weighted by molar-refractivity contribution is 7.92. The van der Waals surface area contributed by atoms with Crippen LogP contribution in [0, 0.1) is 17.0 Å². The average Bonchev–Trinajstić information content (AvgIpc) is 2.79. The lowest BCUT2D eigenvalue weighted by molar-refractivity contribution is -0.384. The van der Waals surface area contributed by atoms with Crippen molar-refractivity contribution in [3.05, 3.63) is 93.0 Å². The number of hydrogen-bond donors (Lipinski definition) is 1. The van der Waals surface area contributed by atoms with Crippen molar-refractivity contribution in [2.75, 3.05) is 11.8 Å². The Kier molecular flexibility index (Phi) is 5.56. The first-order valence-corrected chi connectivity index (χ1v) is 11.1. The van der Waals surface area contributed by atoms with Gasteiger partial charge in [0.2, 0.25) is 0 Å². The van der Waals surface area contributed by atoms with Crippen LogP contribution in [-0.4, -0.2) is 30.0 Å². The van der Waals surface area contributed by atoms with Crippen LogP contribution >= 0.6 is 0 Å². The van der Waals surface area contributed by atoms with E-state index in [9.17, 15) is 23.3 Å². The minimum absolute atomic E-state index is 0.138. The van der Waals surface area contributed by atoms with E-state index in [1.165, 1.54) is 23.8 Å². The number of fused-ring (bicyclic) bond motifs is 1. The molecule has 4 rings (SSSR count). The molecule has 10 nitrogen and oxygen atoms in total. The van der Waals surface area contributed by atoms with E-state index in [1.54, 1.807) is 37.3 Å². The van der Waals surface area contributed by atoms with Gasteiger partial charge >= 0.3 is 0 Å². The van der Waals surface area contributed by atoms with Crippen LogP contribution in [0.25, 0.3) is 16.6 Å². The van der Waals surface area contributed by atoms with Crippen LogP contribution < -0.4 is 15.0 Å². The van der Waals surface area contributed by atoms with Gasteiger partial charge in [0.05, 0.1) is 39.2 Å². The predicted octanol–water partition coefficient (Wildman–Crippen LogP) is 3.41. The summed E-state index contributed by atoms with van der Waals surface area (Å²) >= 11 is 0. The number of rotatable bonds is 6. The summed E-state index contributed by atoms with van der Waals surface area (Å²) in [5.41, 5.74) is 0.681. The van der Waals surface area contributed by atoms with Crippen molar-refractivity contribution in [3.8, 4) is 11.4 Å². The van der Waals surface area contributed by atoms with E-state index in [0.29, 0.717) is 22.4 Å². The Labute approximate surface area is 188 Å². The summed E-state index contributed by atoms with van der Waals surface area (Å²) in [7, 11) is -2.67. The minimum Gasteiger partial charge on any atom is -0.494 e. The molecule has 168 valence electrons. The summed E-state index contributed by atoms with van der Waals surface area (Å²) in [6.45, 7) is 1.70. The summed E-state index contributed by atoms with van der Waals surface area (Å²) in [5.74, 6) is 0.636. The molecule has 0 aliphatic carbocycles. The van der Waals surface area contributed by atoms with E-state index < -0.39 is 14.9 Å². The number of nitro groups is 1. The standard InChI is InChI=1S/C22H18N4O6S/c1-14-23-19-6-4-3-5-18(19)22(27)25(14)16-9-12-20(21(13-16)32-2)24-33(30,31)17-10-7-15(8-11-17)26(28)29/h3-13,24H,1-2H3. The number of nitro benzene ring substituents is 1. The molecule has 1 aromatic heterocycles. The van der Waals surface area contributed by atoms with Crippen LogP contribution in [0.3, 0.4) is 0 Å². The van der Waals surface area contributed by atoms with E-state index in [4.69, 9.17) is 4.74 Å². The number of aromatic nitrogens is 2. The second-order valence-electron chi connectivity index (χ2n) is 7.06. The Morgan fingerprint density at radius 3 is 2.42 bits per heavy atom. The largest absolute Gasteiger partial charge is 0.494 e. The molecule has 1 heterocycles. The molecule has 1 N–H and O–H groups in total. The van der Waals surface area contributed by atoms with Gasteiger partial charge in [-0.1, -0.05) is 12.1 Å². The smallest absolute Gasteiger partial charge is 0.269 e. The Bertz CT molecular complexity index is 1550. The molecule has 0 saturated heterocycles. The van der Waals surface area contributed by atoms with Crippen LogP contribution in [0.2, 0.25) is 0 Å². The van der Waals surface area contributed by atoms with Crippen molar-refractivity contribution in [3.63, 3.8) is 0 Å². The molecule has 0 aliphatic heterocycles. The summed E-state index contributed by atoms with van der Waals surface area (Å²) in [6, 6.07) is 16.1. The number of non-ortho nitro benzene ring substituents is 1. The van der Waals surface area contributed by atoms with Gasteiger partial charge in [0.15, 0.2) is 0 Å². The molecule has 0 radical (unpaired) electrons. The maximum absolute atomic E-state index is 13.0. The summed E-state index contributed by atoms with van der Waals surface area (Å²) in [5, 5.41) is 11.2. The second kappa shape index (κ2) is 8.36. The molecule has 0 bridgehead atoms. The van der Waals surface area contributed by atoms with E-state index in [0.717, 1.165) is 24.3 Å². The molecule has 0 fully saturated rings. The zero-order valence-electron chi connectivity index (χ0n) is 17.6. The third-order valence-corrected chi connectivity index (χ3v) is 6.37. The number of nitrogens with zero attached hydrogens (tertiary/aromatic N) is 3. The monoisotopic (exact) mass is 466 g/mol. The first kappa shape index (κ1) is 22.0. The first-order chi connectivity index (χ1) is 15.7. The van der Waals surface area contributed by atoms with Gasteiger partial charge in [0, 0.05) is 18.2 Å². The quantitative estimate of drug-likeness (QED) is 0.340. The molecular formula is C22H18N4O6S. The lowest BCUT2D eigenvalue weighted by Gasteiger charge is -2.15. The maximum atomic E-state index is 13.0. The third-order valence-electron chi connectivity index (χ3n) is 4.99. The third kappa shape index (κ3) is 4.13. The summed E-state index contributed by atoms with van der Waals surface area (Å²) < 4.78 is 34.7. The Morgan fingerprint density at radius 1 is 1.06 bits per heavy atom. The zero-order chi connectivity index (χ0) is 23.8. The van der Waals surface area contributed by atoms with Crippen LogP contribution in [0.5, 0.6) is 5.75 Å². The van der Waals surface area contributed by atoms with Crippen LogP contribution in [0.15, 0.2) is 76.4 Å². The first-order valence-electron chi connectivity index (χ1n) is 9.65. The van der Waals surface area contributed by atoms with Crippen molar-refractivity contribution < 1.29 is 18.1 Å². The zero-order valence-corrected chi connectivity index (χ0v) is 18.4. The van der Waals surface area contributed by atoms with E-state index in [-0.39, 0.29) is 27.6 Å². The highest BCUT2D eigenvalue weighted by Gasteiger charge is 2.19. The highest BCUT2D eigenvalue weighted by Crippen LogP contribution is 2.30. The molecule has 3 aromatic carbocycles. The molecule has 0 unspecified atom stereocenters. The summed E-state index contributed by atoms with van der Waals surface area (Å²) in [4.78, 5) is 27.6. The number of benzene rings is 3. The number of hydrogen-bond acceptors (Lipinski definition) is 7. The van der Waals surface area contributed by atoms with E-state index >= 15 is 0 Å². The highest BCUT2D eigenvalue weighted by atomic mass is 32.2. The Morgan fingerprint density at radius 2 is 1.76 bits per heavy atom. The molecule has 0 atom stereocenters. The molecule has 11 heteroatoms. The fraction of sp³-hybridized carbons (Fsp3) is 0.0909. The normalized spacial score (nSPS) is 11.3. The Balaban J connectivity index is 1.73. The van der Waals surface area contributed by atoms with Crippen molar-refractivity contribution in [2.45, 2.75) is 11.8 Å². The molecule has 0 aliphatic rings. The van der Waals surface area contributed by atoms with Crippen molar-refractivity contribution >= 4 is 32.3 Å². The van der Waals surface area contributed by atoms with Gasteiger partial charge in [-0.25, -0.2) is 13.4 Å². The number of methoxy groups -OCH3 is 1. The van der Waals surface area contributed by atoms with Gasteiger partial charge in [-0.05, 0) is 43.3 Å². The second-order valence-corrected chi connectivity index (χ2v) is 8.74. The van der Waals surface area contributed by atoms with E-state index in [2.05, 4.69) is 9.71 Å². The number of nitrogens with one attached hydrogen (secondary N) is 1. The molecular weight excluding hydrogens is 448 g/mol. The van der Waals surface area contributed by atoms with Gasteiger partial charge in [-0.15, -0.1) is 0 Å². The van der Waals surface area contributed by atoms with Gasteiger partial charge in [-0.2, -0.15) is 0 Å². The molecule has 0 spiro atoms. The molecule has 0 saturated carbocycles. The fourth-order valence-electron chi connectivity index (χ4n) is 3.40. The average molecular weight is 466 g/mol. The van der Waals surface area contributed by atoms with Crippen molar-refractivity contribution in [2.24, 2.45) is 0 Å². The van der Waals surface area contributed by atoms with Crippen molar-refractivity contribution in [1.82, 2.24) is 9.55 Å². The van der Waals surface area contributed by atoms with Gasteiger partial charge in [0.1, 0.15) is 11.6 Å². The maximum Gasteiger partial charge on any atom is 0.269 e. The molecule has 4 aromatic rings. The Hall–Kier alpha value is -4.25. The topological polar surface area (TPSA) is 133 Å². The minimum atomic E-state index is -4.04. The lowest BCUT2D eigenvalue weighted by atomic mass is 10.2. The van der Waals surface area contributed by atoms with Gasteiger partial charge in [0.25, 0.3) is 21.3 Å². The predicted molar refractivity (Wildman–Crippen MR) is 123 cm³/mol. The SMILES string of the molecule is COc1cc(-n2c(C)nc3ccccc3c2=O)ccc1NS(=O)(=O)c1ccc([N+](=O)[O-])cc1. The van der Waals surface area contributed by atoms with Crippen molar-refractivity contribution in [1.29, 1.82) is 0 Å². The van der Waals surface area contributed by atoms with Crippen LogP contribution in [0.4, 0.5) is 11.4 Å². The molecule has 0 amide bonds. The van der Waals surface area contributed by atoms with Gasteiger partial charge < -0.3 is 4.74 Å². The number of ether oxygens (including phenoxy) is 1. The summed E-state index contributed by atoms with van der Waals surface area (Å²) in [6.07, 6.45) is 0. The fourth-order valence-corrected chi connectivity index (χ4v) is 4.47. The number of anilines is 1.